The van der Waals surface area contributed by atoms with Crippen LogP contribution in [-0.4, -0.2) is 17.4 Å². The van der Waals surface area contributed by atoms with Crippen molar-refractivity contribution in [3.63, 3.8) is 0 Å². The Morgan fingerprint density at radius 2 is 1.92 bits per heavy atom. The fourth-order valence-electron chi connectivity index (χ4n) is 4.07. The monoisotopic (exact) mass is 359 g/mol. The SMILES string of the molecule is O=C1C(Cc2ccc(Cl)cc2Cl)CCN1C1CCc2ccccc21. The summed E-state index contributed by atoms with van der Waals surface area (Å²) in [6.45, 7) is 0.841. The van der Waals surface area contributed by atoms with Crippen molar-refractivity contribution in [3.8, 4) is 0 Å². The van der Waals surface area contributed by atoms with Gasteiger partial charge in [0.25, 0.3) is 0 Å². The van der Waals surface area contributed by atoms with Gasteiger partial charge < -0.3 is 4.90 Å². The molecule has 2 aliphatic rings. The van der Waals surface area contributed by atoms with E-state index in [1.807, 2.05) is 12.1 Å². The summed E-state index contributed by atoms with van der Waals surface area (Å²) in [5.41, 5.74) is 3.73. The molecule has 0 radical (unpaired) electrons. The fraction of sp³-hybridized carbons (Fsp3) is 0.350. The van der Waals surface area contributed by atoms with Gasteiger partial charge in [0.2, 0.25) is 5.91 Å². The van der Waals surface area contributed by atoms with Crippen LogP contribution in [0.2, 0.25) is 10.0 Å². The average Bonchev–Trinajstić information content (AvgIpc) is 3.14. The second kappa shape index (κ2) is 6.42. The molecule has 1 aliphatic heterocycles. The van der Waals surface area contributed by atoms with Gasteiger partial charge >= 0.3 is 0 Å². The molecule has 0 spiro atoms. The number of carbonyl (C=O) groups is 1. The Morgan fingerprint density at radius 1 is 1.08 bits per heavy atom. The third kappa shape index (κ3) is 2.82. The van der Waals surface area contributed by atoms with Crippen molar-refractivity contribution >= 4 is 29.1 Å². The highest BCUT2D eigenvalue weighted by atomic mass is 35.5. The van der Waals surface area contributed by atoms with E-state index < -0.39 is 0 Å². The predicted octanol–water partition coefficient (Wildman–Crippen LogP) is 5.07. The zero-order valence-corrected chi connectivity index (χ0v) is 14.9. The Morgan fingerprint density at radius 3 is 2.75 bits per heavy atom. The van der Waals surface area contributed by atoms with Crippen LogP contribution in [0.15, 0.2) is 42.5 Å². The summed E-state index contributed by atoms with van der Waals surface area (Å²) >= 11 is 12.2. The Hall–Kier alpha value is -1.51. The van der Waals surface area contributed by atoms with Crippen LogP contribution in [0.4, 0.5) is 0 Å². The van der Waals surface area contributed by atoms with E-state index in [1.165, 1.54) is 11.1 Å². The summed E-state index contributed by atoms with van der Waals surface area (Å²) in [6, 6.07) is 14.3. The third-order valence-corrected chi connectivity index (χ3v) is 5.90. The number of benzene rings is 2. The van der Waals surface area contributed by atoms with Crippen LogP contribution in [0.5, 0.6) is 0 Å². The molecule has 4 heteroatoms. The Bertz CT molecular complexity index is 789. The van der Waals surface area contributed by atoms with Crippen LogP contribution < -0.4 is 0 Å². The molecule has 1 fully saturated rings. The summed E-state index contributed by atoms with van der Waals surface area (Å²) in [6.07, 6.45) is 3.70. The van der Waals surface area contributed by atoms with Gasteiger partial charge in [0.15, 0.2) is 0 Å². The van der Waals surface area contributed by atoms with Gasteiger partial charge in [0.05, 0.1) is 6.04 Å². The predicted molar refractivity (Wildman–Crippen MR) is 97.5 cm³/mol. The van der Waals surface area contributed by atoms with Gasteiger partial charge in [-0.2, -0.15) is 0 Å². The number of nitrogens with zero attached hydrogens (tertiary/aromatic N) is 1. The fourth-order valence-corrected chi connectivity index (χ4v) is 4.56. The molecule has 2 atom stereocenters. The van der Waals surface area contributed by atoms with Crippen molar-refractivity contribution < 1.29 is 4.79 Å². The van der Waals surface area contributed by atoms with Crippen molar-refractivity contribution in [1.29, 1.82) is 0 Å². The van der Waals surface area contributed by atoms with E-state index in [-0.39, 0.29) is 17.9 Å². The molecule has 2 nitrogen and oxygen atoms in total. The molecule has 1 saturated heterocycles. The van der Waals surface area contributed by atoms with E-state index in [4.69, 9.17) is 23.2 Å². The molecule has 0 saturated carbocycles. The number of likely N-dealkylation sites (tertiary alicyclic amines) is 1. The van der Waals surface area contributed by atoms with Crippen LogP contribution in [0, 0.1) is 5.92 Å². The zero-order valence-electron chi connectivity index (χ0n) is 13.3. The zero-order chi connectivity index (χ0) is 16.7. The Balaban J connectivity index is 1.51. The Kier molecular flexibility index (Phi) is 4.28. The smallest absolute Gasteiger partial charge is 0.226 e. The molecule has 1 heterocycles. The van der Waals surface area contributed by atoms with Crippen molar-refractivity contribution in [2.24, 2.45) is 5.92 Å². The molecule has 0 N–H and O–H groups in total. The molecule has 1 aliphatic carbocycles. The normalized spacial score (nSPS) is 22.9. The van der Waals surface area contributed by atoms with Crippen molar-refractivity contribution in [3.05, 3.63) is 69.2 Å². The first kappa shape index (κ1) is 16.0. The molecule has 2 unspecified atom stereocenters. The number of amides is 1. The van der Waals surface area contributed by atoms with Crippen molar-refractivity contribution in [1.82, 2.24) is 4.90 Å². The van der Waals surface area contributed by atoms with Gasteiger partial charge in [-0.1, -0.05) is 53.5 Å². The lowest BCUT2D eigenvalue weighted by Crippen LogP contribution is -2.31. The van der Waals surface area contributed by atoms with Crippen LogP contribution in [-0.2, 0) is 17.6 Å². The molecule has 4 rings (SSSR count). The lowest BCUT2D eigenvalue weighted by Gasteiger charge is -2.25. The van der Waals surface area contributed by atoms with Crippen molar-refractivity contribution in [2.75, 3.05) is 6.54 Å². The molecule has 2 aromatic carbocycles. The van der Waals surface area contributed by atoms with E-state index in [0.717, 1.165) is 31.4 Å². The number of hydrogen-bond donors (Lipinski definition) is 0. The van der Waals surface area contributed by atoms with Gasteiger partial charge in [0.1, 0.15) is 0 Å². The van der Waals surface area contributed by atoms with Gasteiger partial charge in [-0.15, -0.1) is 0 Å². The van der Waals surface area contributed by atoms with E-state index in [9.17, 15) is 4.79 Å². The highest BCUT2D eigenvalue weighted by Crippen LogP contribution is 2.39. The van der Waals surface area contributed by atoms with Crippen molar-refractivity contribution in [2.45, 2.75) is 31.7 Å². The molecule has 0 aromatic heterocycles. The number of hydrogen-bond acceptors (Lipinski definition) is 1. The molecule has 24 heavy (non-hydrogen) atoms. The maximum absolute atomic E-state index is 12.9. The first-order chi connectivity index (χ1) is 11.6. The Labute approximate surface area is 152 Å². The molecule has 2 aromatic rings. The standard InChI is InChI=1S/C20H19Cl2NO/c21-16-7-5-14(18(22)12-16)11-15-9-10-23(20(15)24)19-8-6-13-3-1-2-4-17(13)19/h1-5,7,12,15,19H,6,8-11H2. The quantitative estimate of drug-likeness (QED) is 0.748. The molecule has 124 valence electrons. The average molecular weight is 360 g/mol. The number of halogens is 2. The van der Waals surface area contributed by atoms with E-state index >= 15 is 0 Å². The summed E-state index contributed by atoms with van der Waals surface area (Å²) in [4.78, 5) is 15.0. The highest BCUT2D eigenvalue weighted by Gasteiger charge is 2.38. The topological polar surface area (TPSA) is 20.3 Å². The number of aryl methyl sites for hydroxylation is 1. The minimum atomic E-state index is 0.0245. The molecular weight excluding hydrogens is 341 g/mol. The van der Waals surface area contributed by atoms with Crippen LogP contribution in [0.25, 0.3) is 0 Å². The third-order valence-electron chi connectivity index (χ3n) is 5.31. The molecule has 1 amide bonds. The first-order valence-electron chi connectivity index (χ1n) is 8.45. The lowest BCUT2D eigenvalue weighted by atomic mass is 9.98. The number of rotatable bonds is 3. The number of fused-ring (bicyclic) bond motifs is 1. The number of carbonyl (C=O) groups excluding carboxylic acids is 1. The van der Waals surface area contributed by atoms with Gasteiger partial charge in [0, 0.05) is 22.5 Å². The van der Waals surface area contributed by atoms with Crippen LogP contribution >= 0.6 is 23.2 Å². The van der Waals surface area contributed by atoms with Crippen LogP contribution in [0.1, 0.15) is 35.6 Å². The maximum atomic E-state index is 12.9. The summed E-state index contributed by atoms with van der Waals surface area (Å²) in [7, 11) is 0. The summed E-state index contributed by atoms with van der Waals surface area (Å²) < 4.78 is 0. The summed E-state index contributed by atoms with van der Waals surface area (Å²) in [5, 5.41) is 1.28. The second-order valence-corrected chi connectivity index (χ2v) is 7.55. The van der Waals surface area contributed by atoms with E-state index in [0.29, 0.717) is 16.5 Å². The van der Waals surface area contributed by atoms with Gasteiger partial charge in [-0.25, -0.2) is 0 Å². The maximum Gasteiger partial charge on any atom is 0.226 e. The highest BCUT2D eigenvalue weighted by molar-refractivity contribution is 6.35. The minimum Gasteiger partial charge on any atom is -0.335 e. The lowest BCUT2D eigenvalue weighted by molar-refractivity contribution is -0.133. The largest absolute Gasteiger partial charge is 0.335 e. The minimum absolute atomic E-state index is 0.0245. The van der Waals surface area contributed by atoms with Gasteiger partial charge in [-0.3, -0.25) is 4.79 Å². The molecular formula is C20H19Cl2NO. The van der Waals surface area contributed by atoms with E-state index in [1.54, 1.807) is 6.07 Å². The first-order valence-corrected chi connectivity index (χ1v) is 9.21. The van der Waals surface area contributed by atoms with E-state index in [2.05, 4.69) is 29.2 Å². The van der Waals surface area contributed by atoms with Crippen LogP contribution in [0.3, 0.4) is 0 Å². The summed E-state index contributed by atoms with van der Waals surface area (Å²) in [5.74, 6) is 0.291. The molecule has 0 bridgehead atoms. The van der Waals surface area contributed by atoms with Gasteiger partial charge in [-0.05, 0) is 54.5 Å². The second-order valence-electron chi connectivity index (χ2n) is 6.71.